The lowest BCUT2D eigenvalue weighted by molar-refractivity contribution is -0.222. The fourth-order valence-electron chi connectivity index (χ4n) is 3.40. The average molecular weight is 416 g/mol. The van der Waals surface area contributed by atoms with Gasteiger partial charge in [0.05, 0.1) is 5.69 Å². The standard InChI is InChI=1S/C22H28N2O6/c1-20(2,3)30-19(27)24-12-21(4,5)15-9-8-13(10-16(15)24)23-11-14-17(25)28-22(6,7)29-18(14)26/h8-11,23H,12H2,1-7H3. The van der Waals surface area contributed by atoms with Crippen LogP contribution in [0.5, 0.6) is 0 Å². The normalized spacial score (nSPS) is 19.6. The van der Waals surface area contributed by atoms with Crippen molar-refractivity contribution in [3.05, 3.63) is 35.5 Å². The quantitative estimate of drug-likeness (QED) is 0.444. The first kappa shape index (κ1) is 21.7. The van der Waals surface area contributed by atoms with Gasteiger partial charge in [-0.1, -0.05) is 19.9 Å². The number of hydrogen-bond acceptors (Lipinski definition) is 7. The van der Waals surface area contributed by atoms with E-state index in [2.05, 4.69) is 19.2 Å². The number of fused-ring (bicyclic) bond motifs is 1. The molecule has 162 valence electrons. The number of ether oxygens (including phenoxy) is 3. The summed E-state index contributed by atoms with van der Waals surface area (Å²) in [6.07, 6.45) is 0.825. The Morgan fingerprint density at radius 1 is 1.13 bits per heavy atom. The van der Waals surface area contributed by atoms with E-state index >= 15 is 0 Å². The predicted molar refractivity (Wildman–Crippen MR) is 111 cm³/mol. The minimum Gasteiger partial charge on any atom is -0.443 e. The van der Waals surface area contributed by atoms with Crippen molar-refractivity contribution in [2.45, 2.75) is 65.3 Å². The Hall–Kier alpha value is -3.03. The van der Waals surface area contributed by atoms with Crippen molar-refractivity contribution in [3.63, 3.8) is 0 Å². The van der Waals surface area contributed by atoms with Gasteiger partial charge in [-0.25, -0.2) is 14.4 Å². The van der Waals surface area contributed by atoms with Gasteiger partial charge < -0.3 is 19.5 Å². The molecule has 0 aliphatic carbocycles. The summed E-state index contributed by atoms with van der Waals surface area (Å²) in [7, 11) is 0. The minimum atomic E-state index is -1.29. The Morgan fingerprint density at radius 3 is 2.30 bits per heavy atom. The number of hydrogen-bond donors (Lipinski definition) is 1. The van der Waals surface area contributed by atoms with E-state index in [1.54, 1.807) is 11.0 Å². The van der Waals surface area contributed by atoms with Gasteiger partial charge >= 0.3 is 18.0 Å². The lowest BCUT2D eigenvalue weighted by atomic mass is 9.87. The van der Waals surface area contributed by atoms with E-state index < -0.39 is 29.4 Å². The van der Waals surface area contributed by atoms with E-state index in [4.69, 9.17) is 14.2 Å². The van der Waals surface area contributed by atoms with Gasteiger partial charge in [0.25, 0.3) is 5.79 Å². The van der Waals surface area contributed by atoms with Gasteiger partial charge in [0, 0.05) is 37.7 Å². The first-order valence-electron chi connectivity index (χ1n) is 9.77. The number of amides is 1. The fraction of sp³-hybridized carbons (Fsp3) is 0.500. The van der Waals surface area contributed by atoms with Gasteiger partial charge in [-0.3, -0.25) is 4.90 Å². The van der Waals surface area contributed by atoms with Crippen LogP contribution in [-0.2, 0) is 29.2 Å². The second kappa shape index (κ2) is 7.04. The van der Waals surface area contributed by atoms with E-state index in [-0.39, 0.29) is 11.0 Å². The topological polar surface area (TPSA) is 94.2 Å². The van der Waals surface area contributed by atoms with E-state index in [0.29, 0.717) is 17.9 Å². The summed E-state index contributed by atoms with van der Waals surface area (Å²) in [5.41, 5.74) is 1.22. The van der Waals surface area contributed by atoms with Gasteiger partial charge in [-0.05, 0) is 38.5 Å². The molecule has 1 aromatic carbocycles. The van der Waals surface area contributed by atoms with Crippen molar-refractivity contribution < 1.29 is 28.6 Å². The summed E-state index contributed by atoms with van der Waals surface area (Å²) >= 11 is 0. The lowest BCUT2D eigenvalue weighted by Gasteiger charge is -2.29. The summed E-state index contributed by atoms with van der Waals surface area (Å²) in [5, 5.41) is 2.92. The Morgan fingerprint density at radius 2 is 1.73 bits per heavy atom. The highest BCUT2D eigenvalue weighted by Crippen LogP contribution is 2.42. The van der Waals surface area contributed by atoms with Crippen LogP contribution in [0.2, 0.25) is 0 Å². The number of esters is 2. The molecule has 1 saturated heterocycles. The van der Waals surface area contributed by atoms with Crippen LogP contribution in [0.4, 0.5) is 16.2 Å². The van der Waals surface area contributed by atoms with E-state index in [1.165, 1.54) is 20.0 Å². The zero-order valence-electron chi connectivity index (χ0n) is 18.4. The van der Waals surface area contributed by atoms with Gasteiger partial charge in [0.15, 0.2) is 5.57 Å². The van der Waals surface area contributed by atoms with Gasteiger partial charge in [0.1, 0.15) is 5.60 Å². The van der Waals surface area contributed by atoms with Crippen LogP contribution in [0.1, 0.15) is 54.0 Å². The number of cyclic esters (lactones) is 2. The molecule has 1 amide bonds. The molecular formula is C22H28N2O6. The third kappa shape index (κ3) is 4.42. The van der Waals surface area contributed by atoms with Crippen LogP contribution in [0.25, 0.3) is 0 Å². The summed E-state index contributed by atoms with van der Waals surface area (Å²) in [4.78, 5) is 38.5. The van der Waals surface area contributed by atoms with Crippen LogP contribution in [-0.4, -0.2) is 36.0 Å². The molecule has 0 bridgehead atoms. The number of carbonyl (C=O) groups is 3. The summed E-state index contributed by atoms with van der Waals surface area (Å²) in [6.45, 7) is 13.0. The van der Waals surface area contributed by atoms with Crippen LogP contribution in [0.3, 0.4) is 0 Å². The van der Waals surface area contributed by atoms with Crippen molar-refractivity contribution in [3.8, 4) is 0 Å². The van der Waals surface area contributed by atoms with E-state index in [0.717, 1.165) is 5.56 Å². The molecule has 0 aromatic heterocycles. The van der Waals surface area contributed by atoms with Gasteiger partial charge in [0.2, 0.25) is 0 Å². The molecule has 0 atom stereocenters. The lowest BCUT2D eigenvalue weighted by Crippen LogP contribution is -2.42. The molecule has 8 nitrogen and oxygen atoms in total. The maximum absolute atomic E-state index is 12.7. The van der Waals surface area contributed by atoms with Crippen LogP contribution < -0.4 is 10.2 Å². The molecule has 1 N–H and O–H groups in total. The number of anilines is 2. The summed E-state index contributed by atoms with van der Waals surface area (Å²) in [6, 6.07) is 5.52. The zero-order valence-corrected chi connectivity index (χ0v) is 18.4. The number of benzene rings is 1. The Kier molecular flexibility index (Phi) is 5.08. The van der Waals surface area contributed by atoms with E-state index in [1.807, 2.05) is 32.9 Å². The van der Waals surface area contributed by atoms with Crippen molar-refractivity contribution in [2.75, 3.05) is 16.8 Å². The first-order valence-corrected chi connectivity index (χ1v) is 9.77. The number of rotatable bonds is 2. The third-order valence-corrected chi connectivity index (χ3v) is 4.68. The monoisotopic (exact) mass is 416 g/mol. The maximum atomic E-state index is 12.7. The Labute approximate surface area is 176 Å². The third-order valence-electron chi connectivity index (χ3n) is 4.68. The molecule has 30 heavy (non-hydrogen) atoms. The van der Waals surface area contributed by atoms with Gasteiger partial charge in [-0.2, -0.15) is 0 Å². The molecule has 0 radical (unpaired) electrons. The van der Waals surface area contributed by atoms with Crippen LogP contribution in [0.15, 0.2) is 30.0 Å². The highest BCUT2D eigenvalue weighted by Gasteiger charge is 2.41. The maximum Gasteiger partial charge on any atom is 0.414 e. The molecule has 0 unspecified atom stereocenters. The zero-order chi connectivity index (χ0) is 22.5. The average Bonchev–Trinajstić information content (AvgIpc) is 2.82. The molecule has 2 heterocycles. The predicted octanol–water partition coefficient (Wildman–Crippen LogP) is 3.85. The Balaban J connectivity index is 1.86. The minimum absolute atomic E-state index is 0.237. The smallest absolute Gasteiger partial charge is 0.414 e. The van der Waals surface area contributed by atoms with Crippen molar-refractivity contribution >= 4 is 29.4 Å². The second-order valence-corrected chi connectivity index (χ2v) is 9.56. The van der Waals surface area contributed by atoms with Crippen LogP contribution in [0, 0.1) is 0 Å². The summed E-state index contributed by atoms with van der Waals surface area (Å²) in [5.74, 6) is -2.82. The molecule has 0 saturated carbocycles. The SMILES string of the molecule is CC(C)(C)OC(=O)N1CC(C)(C)c2ccc(NC=C3C(=O)OC(C)(C)OC3=O)cc21. The Bertz CT molecular complexity index is 917. The number of nitrogens with one attached hydrogen (secondary N) is 1. The molecule has 2 aliphatic rings. The first-order chi connectivity index (χ1) is 13.7. The van der Waals surface area contributed by atoms with E-state index in [9.17, 15) is 14.4 Å². The molecule has 3 rings (SSSR count). The molecular weight excluding hydrogens is 388 g/mol. The van der Waals surface area contributed by atoms with Crippen LogP contribution >= 0.6 is 0 Å². The number of nitrogens with zero attached hydrogens (tertiary/aromatic N) is 1. The van der Waals surface area contributed by atoms with Crippen molar-refractivity contribution in [2.24, 2.45) is 0 Å². The second-order valence-electron chi connectivity index (χ2n) is 9.56. The molecule has 0 spiro atoms. The van der Waals surface area contributed by atoms with Crippen molar-refractivity contribution in [1.29, 1.82) is 0 Å². The number of carbonyl (C=O) groups excluding carboxylic acids is 3. The van der Waals surface area contributed by atoms with Gasteiger partial charge in [-0.15, -0.1) is 0 Å². The molecule has 1 fully saturated rings. The highest BCUT2D eigenvalue weighted by molar-refractivity contribution is 6.15. The largest absolute Gasteiger partial charge is 0.443 e. The van der Waals surface area contributed by atoms with Crippen molar-refractivity contribution in [1.82, 2.24) is 0 Å². The highest BCUT2D eigenvalue weighted by atomic mass is 16.7. The summed E-state index contributed by atoms with van der Waals surface area (Å²) < 4.78 is 15.7. The molecule has 8 heteroatoms. The molecule has 1 aromatic rings. The fourth-order valence-corrected chi connectivity index (χ4v) is 3.40. The molecule has 2 aliphatic heterocycles.